The van der Waals surface area contributed by atoms with E-state index in [2.05, 4.69) is 26.1 Å². The van der Waals surface area contributed by atoms with Crippen LogP contribution in [0.25, 0.3) is 0 Å². The van der Waals surface area contributed by atoms with E-state index >= 15 is 0 Å². The summed E-state index contributed by atoms with van der Waals surface area (Å²) in [6, 6.07) is -0.712. The first kappa shape index (κ1) is 23.3. The van der Waals surface area contributed by atoms with Gasteiger partial charge in [-0.25, -0.2) is 0 Å². The molecule has 1 spiro atoms. The summed E-state index contributed by atoms with van der Waals surface area (Å²) in [7, 11) is 0. The van der Waals surface area contributed by atoms with Gasteiger partial charge in [0.05, 0.1) is 43.0 Å². The third kappa shape index (κ3) is 4.01. The third-order valence-electron chi connectivity index (χ3n) is 6.77. The summed E-state index contributed by atoms with van der Waals surface area (Å²) < 4.78 is 9.96. The van der Waals surface area contributed by atoms with E-state index in [4.69, 9.17) is 9.47 Å². The van der Waals surface area contributed by atoms with Gasteiger partial charge in [-0.05, 0) is 13.3 Å². The lowest BCUT2D eigenvalue weighted by molar-refractivity contribution is -0.153. The van der Waals surface area contributed by atoms with Crippen molar-refractivity contribution in [3.8, 4) is 0 Å². The first-order valence-corrected chi connectivity index (χ1v) is 12.7. The minimum absolute atomic E-state index is 0.0219. The van der Waals surface area contributed by atoms with E-state index in [9.17, 15) is 19.5 Å². The van der Waals surface area contributed by atoms with Crippen molar-refractivity contribution in [1.82, 2.24) is 15.1 Å². The largest absolute Gasteiger partial charge is 0.466 e. The highest BCUT2D eigenvalue weighted by molar-refractivity contribution is 9.09. The van der Waals surface area contributed by atoms with E-state index in [1.54, 1.807) is 18.7 Å². The Hall–Kier alpha value is -0.880. The fraction of sp³-hybridized carbons (Fsp3) is 0.850. The Kier molecular flexibility index (Phi) is 7.17. The topological polar surface area (TPSA) is 108 Å². The van der Waals surface area contributed by atoms with Gasteiger partial charge in [-0.15, -0.1) is 11.8 Å². The molecule has 4 aliphatic heterocycles. The number of aliphatic hydroxyl groups excluding tert-OH is 1. The van der Waals surface area contributed by atoms with E-state index < -0.39 is 22.6 Å². The standard InChI is InChI=1S/C20H30BrN3O6S/c1-2-30-19(28)13-14-18(27)24(5-8-25)16(20(14)11-12(21)15(13)31-20)17(26)22-3-4-23-6-9-29-10-7-23/h12-16,25H,2-11H2,1H3,(H,22,26)/t12?,13-,14+,15-,16?,20?/m1/s1. The second-order valence-electron chi connectivity index (χ2n) is 8.42. The van der Waals surface area contributed by atoms with Crippen molar-refractivity contribution >= 4 is 45.5 Å². The molecule has 4 heterocycles. The number of fused-ring (bicyclic) bond motifs is 1. The number of rotatable bonds is 8. The maximum atomic E-state index is 13.4. The monoisotopic (exact) mass is 519 g/mol. The van der Waals surface area contributed by atoms with Gasteiger partial charge < -0.3 is 24.8 Å². The molecule has 4 fully saturated rings. The maximum Gasteiger partial charge on any atom is 0.310 e. The lowest BCUT2D eigenvalue weighted by Gasteiger charge is -2.35. The second-order valence-corrected chi connectivity index (χ2v) is 11.1. The van der Waals surface area contributed by atoms with Crippen LogP contribution in [0.2, 0.25) is 0 Å². The summed E-state index contributed by atoms with van der Waals surface area (Å²) in [5.74, 6) is -1.99. The zero-order valence-corrected chi connectivity index (χ0v) is 20.0. The van der Waals surface area contributed by atoms with Crippen LogP contribution in [-0.4, -0.2) is 113 Å². The molecule has 0 aliphatic carbocycles. The molecule has 2 amide bonds. The predicted molar refractivity (Wildman–Crippen MR) is 118 cm³/mol. The van der Waals surface area contributed by atoms with Crippen LogP contribution in [0.5, 0.6) is 0 Å². The van der Waals surface area contributed by atoms with Crippen molar-refractivity contribution in [1.29, 1.82) is 0 Å². The Bertz CT molecular complexity index is 723. The average molecular weight is 520 g/mol. The van der Waals surface area contributed by atoms with Crippen LogP contribution < -0.4 is 5.32 Å². The molecule has 0 aromatic rings. The van der Waals surface area contributed by atoms with Gasteiger partial charge in [0.25, 0.3) is 0 Å². The predicted octanol–water partition coefficient (Wildman–Crippen LogP) is -0.545. The zero-order valence-electron chi connectivity index (χ0n) is 17.6. The lowest BCUT2D eigenvalue weighted by atomic mass is 9.71. The SMILES string of the molecule is CCOC(=O)[C@H]1[C@@H]2SC3(CC2Br)C(C(=O)NCCN2CCOCC2)N(CCO)C(=O)[C@H]13. The van der Waals surface area contributed by atoms with Crippen LogP contribution in [0.4, 0.5) is 0 Å². The highest BCUT2D eigenvalue weighted by Gasteiger charge is 2.75. The normalized spacial score (nSPS) is 37.2. The Morgan fingerprint density at radius 2 is 2.10 bits per heavy atom. The second kappa shape index (κ2) is 9.54. The van der Waals surface area contributed by atoms with Gasteiger partial charge in [-0.1, -0.05) is 15.9 Å². The number of likely N-dealkylation sites (tertiary alicyclic amines) is 1. The smallest absolute Gasteiger partial charge is 0.310 e. The number of halogens is 1. The number of aliphatic hydroxyl groups is 1. The first-order valence-electron chi connectivity index (χ1n) is 10.9. The lowest BCUT2D eigenvalue weighted by Crippen LogP contribution is -2.55. The van der Waals surface area contributed by atoms with E-state index in [0.717, 1.165) is 13.1 Å². The van der Waals surface area contributed by atoms with Gasteiger partial charge in [0.1, 0.15) is 6.04 Å². The van der Waals surface area contributed by atoms with E-state index in [1.165, 1.54) is 4.90 Å². The average Bonchev–Trinajstić information content (AvgIpc) is 3.33. The van der Waals surface area contributed by atoms with Crippen molar-refractivity contribution in [2.24, 2.45) is 11.8 Å². The highest BCUT2D eigenvalue weighted by atomic mass is 79.9. The number of carbonyl (C=O) groups excluding carboxylic acids is 3. The number of ether oxygens (including phenoxy) is 2. The van der Waals surface area contributed by atoms with Crippen LogP contribution in [0.15, 0.2) is 0 Å². The summed E-state index contributed by atoms with van der Waals surface area (Å²) in [5, 5.41) is 12.5. The van der Waals surface area contributed by atoms with E-state index in [0.29, 0.717) is 32.7 Å². The molecule has 4 aliphatic rings. The number of nitrogens with zero attached hydrogens (tertiary/aromatic N) is 2. The van der Waals surface area contributed by atoms with Gasteiger partial charge in [-0.3, -0.25) is 19.3 Å². The number of thioether (sulfide) groups is 1. The molecule has 11 heteroatoms. The molecule has 0 radical (unpaired) electrons. The summed E-state index contributed by atoms with van der Waals surface area (Å²) in [6.07, 6.45) is 0.623. The number of esters is 1. The Balaban J connectivity index is 1.53. The highest BCUT2D eigenvalue weighted by Crippen LogP contribution is 2.67. The first-order chi connectivity index (χ1) is 14.9. The quantitative estimate of drug-likeness (QED) is 0.325. The Morgan fingerprint density at radius 1 is 1.35 bits per heavy atom. The van der Waals surface area contributed by atoms with Crippen LogP contribution in [0.1, 0.15) is 13.3 Å². The number of amides is 2. The summed E-state index contributed by atoms with van der Waals surface area (Å²) >= 11 is 5.26. The Morgan fingerprint density at radius 3 is 2.77 bits per heavy atom. The van der Waals surface area contributed by atoms with E-state index in [1.807, 2.05) is 0 Å². The summed E-state index contributed by atoms with van der Waals surface area (Å²) in [5.41, 5.74) is 0. The van der Waals surface area contributed by atoms with E-state index in [-0.39, 0.29) is 47.6 Å². The molecule has 0 aromatic heterocycles. The number of alkyl halides is 1. The molecule has 4 rings (SSSR count). The number of nitrogens with one attached hydrogen (secondary N) is 1. The molecule has 4 saturated heterocycles. The van der Waals surface area contributed by atoms with Crippen molar-refractivity contribution in [2.75, 3.05) is 59.2 Å². The van der Waals surface area contributed by atoms with Crippen LogP contribution >= 0.6 is 27.7 Å². The van der Waals surface area contributed by atoms with Crippen LogP contribution in [-0.2, 0) is 23.9 Å². The number of hydrogen-bond acceptors (Lipinski definition) is 8. The number of hydrogen-bond donors (Lipinski definition) is 2. The molecular weight excluding hydrogens is 490 g/mol. The molecule has 2 N–H and O–H groups in total. The molecule has 0 saturated carbocycles. The number of morpholine rings is 1. The fourth-order valence-electron chi connectivity index (χ4n) is 5.54. The summed E-state index contributed by atoms with van der Waals surface area (Å²) in [6.45, 7) is 6.10. The molecular formula is C20H30BrN3O6S. The van der Waals surface area contributed by atoms with Gasteiger partial charge in [-0.2, -0.15) is 0 Å². The minimum atomic E-state index is -0.712. The zero-order chi connectivity index (χ0) is 22.2. The number of carbonyl (C=O) groups is 3. The molecule has 9 nitrogen and oxygen atoms in total. The molecule has 0 aromatic carbocycles. The molecule has 31 heavy (non-hydrogen) atoms. The fourth-order valence-corrected chi connectivity index (χ4v) is 9.15. The van der Waals surface area contributed by atoms with Crippen molar-refractivity contribution in [3.63, 3.8) is 0 Å². The van der Waals surface area contributed by atoms with Gasteiger partial charge >= 0.3 is 5.97 Å². The van der Waals surface area contributed by atoms with Crippen LogP contribution in [0, 0.1) is 11.8 Å². The maximum absolute atomic E-state index is 13.4. The Labute approximate surface area is 194 Å². The molecule has 6 atom stereocenters. The van der Waals surface area contributed by atoms with Gasteiger partial charge in [0.15, 0.2) is 0 Å². The van der Waals surface area contributed by atoms with Crippen LogP contribution in [0.3, 0.4) is 0 Å². The minimum Gasteiger partial charge on any atom is -0.466 e. The third-order valence-corrected chi connectivity index (χ3v) is 9.99. The molecule has 174 valence electrons. The molecule has 2 bridgehead atoms. The van der Waals surface area contributed by atoms with Gasteiger partial charge in [0.2, 0.25) is 11.8 Å². The number of β-amino-alcohol motifs (C(OH)–C–C–N with tert-alkyl or cyclic N) is 1. The van der Waals surface area contributed by atoms with Gasteiger partial charge in [0, 0.05) is 42.8 Å². The summed E-state index contributed by atoms with van der Waals surface area (Å²) in [4.78, 5) is 43.3. The van der Waals surface area contributed by atoms with Crippen molar-refractivity contribution < 1.29 is 29.0 Å². The molecule has 3 unspecified atom stereocenters. The van der Waals surface area contributed by atoms with Crippen molar-refractivity contribution in [3.05, 3.63) is 0 Å². The van der Waals surface area contributed by atoms with Crippen molar-refractivity contribution in [2.45, 2.75) is 34.2 Å².